The van der Waals surface area contributed by atoms with Gasteiger partial charge in [-0.2, -0.15) is 5.10 Å². The molecule has 168 valence electrons. The van der Waals surface area contributed by atoms with Crippen molar-refractivity contribution in [2.24, 2.45) is 4.99 Å². The smallest absolute Gasteiger partial charge is 0.257 e. The summed E-state index contributed by atoms with van der Waals surface area (Å²) in [5, 5.41) is 10.7. The molecule has 2 aromatic carbocycles. The number of benzene rings is 2. The van der Waals surface area contributed by atoms with Gasteiger partial charge in [0.05, 0.1) is 12.8 Å². The molecule has 1 aromatic heterocycles. The van der Waals surface area contributed by atoms with Gasteiger partial charge in [-0.05, 0) is 76.1 Å². The fourth-order valence-electron chi connectivity index (χ4n) is 3.49. The molecule has 3 rings (SSSR count). The van der Waals surface area contributed by atoms with Crippen LogP contribution in [0.1, 0.15) is 39.8 Å². The second-order valence-corrected chi connectivity index (χ2v) is 7.62. The van der Waals surface area contributed by atoms with Crippen molar-refractivity contribution in [3.63, 3.8) is 0 Å². The Labute approximate surface area is 189 Å². The van der Waals surface area contributed by atoms with Crippen LogP contribution in [0.25, 0.3) is 0 Å². The van der Waals surface area contributed by atoms with Gasteiger partial charge < -0.3 is 10.1 Å². The summed E-state index contributed by atoms with van der Waals surface area (Å²) in [4.78, 5) is 17.5. The van der Waals surface area contributed by atoms with Crippen LogP contribution in [0.5, 0.6) is 5.75 Å². The molecule has 0 fully saturated rings. The summed E-state index contributed by atoms with van der Waals surface area (Å²) in [5.74, 6) is 0.872. The first kappa shape index (κ1) is 23.1. The summed E-state index contributed by atoms with van der Waals surface area (Å²) in [6, 6.07) is 14.9. The van der Waals surface area contributed by atoms with Gasteiger partial charge in [0.15, 0.2) is 0 Å². The number of aromatic nitrogens is 2. The Balaban J connectivity index is 1.77. The summed E-state index contributed by atoms with van der Waals surface area (Å²) in [6.45, 7) is 9.59. The third-order valence-electron chi connectivity index (χ3n) is 5.36. The zero-order valence-electron chi connectivity index (χ0n) is 19.4. The van der Waals surface area contributed by atoms with E-state index in [1.54, 1.807) is 31.4 Å². The Kier molecular flexibility index (Phi) is 7.65. The van der Waals surface area contributed by atoms with E-state index in [1.807, 2.05) is 42.8 Å². The maximum Gasteiger partial charge on any atom is 0.257 e. The first-order valence-electron chi connectivity index (χ1n) is 10.8. The van der Waals surface area contributed by atoms with Crippen LogP contribution >= 0.6 is 0 Å². The molecule has 32 heavy (non-hydrogen) atoms. The van der Waals surface area contributed by atoms with Crippen LogP contribution in [0, 0.1) is 20.8 Å². The van der Waals surface area contributed by atoms with Gasteiger partial charge in [-0.3, -0.25) is 19.8 Å². The Hall–Kier alpha value is -3.61. The van der Waals surface area contributed by atoms with E-state index >= 15 is 0 Å². The van der Waals surface area contributed by atoms with Gasteiger partial charge in [-0.1, -0.05) is 17.7 Å². The van der Waals surface area contributed by atoms with Crippen molar-refractivity contribution in [3.05, 3.63) is 76.6 Å². The molecule has 0 saturated carbocycles. The van der Waals surface area contributed by atoms with Crippen molar-refractivity contribution in [2.75, 3.05) is 19.0 Å². The van der Waals surface area contributed by atoms with Crippen LogP contribution in [0.15, 0.2) is 53.5 Å². The minimum Gasteiger partial charge on any atom is -0.497 e. The number of ether oxygens (including phenoxy) is 1. The average Bonchev–Trinajstić information content (AvgIpc) is 3.08. The molecule has 0 bridgehead atoms. The van der Waals surface area contributed by atoms with Crippen LogP contribution in [0.4, 0.5) is 5.69 Å². The number of hydrogen-bond acceptors (Lipinski definition) is 4. The quantitative estimate of drug-likeness (QED) is 0.431. The van der Waals surface area contributed by atoms with Gasteiger partial charge in [0, 0.05) is 30.0 Å². The zero-order valence-corrected chi connectivity index (χ0v) is 19.4. The largest absolute Gasteiger partial charge is 0.497 e. The van der Waals surface area contributed by atoms with Crippen LogP contribution in [0.3, 0.4) is 0 Å². The van der Waals surface area contributed by atoms with Gasteiger partial charge in [-0.25, -0.2) is 0 Å². The minimum atomic E-state index is -0.239. The molecule has 1 amide bonds. The lowest BCUT2D eigenvalue weighted by Crippen LogP contribution is -2.36. The molecule has 0 radical (unpaired) electrons. The van der Waals surface area contributed by atoms with Gasteiger partial charge in [0.2, 0.25) is 5.96 Å². The Morgan fingerprint density at radius 1 is 1.06 bits per heavy atom. The lowest BCUT2D eigenvalue weighted by molar-refractivity contribution is 0.0977. The van der Waals surface area contributed by atoms with Crippen molar-refractivity contribution >= 4 is 17.6 Å². The predicted molar refractivity (Wildman–Crippen MR) is 129 cm³/mol. The van der Waals surface area contributed by atoms with Crippen LogP contribution < -0.4 is 15.4 Å². The molecule has 0 aliphatic carbocycles. The minimum absolute atomic E-state index is 0.239. The number of rotatable bonds is 7. The molecule has 2 N–H and O–H groups in total. The number of anilines is 1. The monoisotopic (exact) mass is 433 g/mol. The van der Waals surface area contributed by atoms with E-state index in [2.05, 4.69) is 34.6 Å². The number of carbonyl (C=O) groups excluding carboxylic acids is 1. The SMILES string of the molecule is CCn1nc(C)c(CCN=C(NC(=O)c2ccc(OC)cc2)Nc2ccc(C)cc2)c1C. The van der Waals surface area contributed by atoms with Crippen molar-refractivity contribution in [3.8, 4) is 5.75 Å². The summed E-state index contributed by atoms with van der Waals surface area (Å²) >= 11 is 0. The third-order valence-corrected chi connectivity index (χ3v) is 5.36. The molecule has 7 nitrogen and oxygen atoms in total. The topological polar surface area (TPSA) is 80.5 Å². The number of guanidine groups is 1. The number of amides is 1. The van der Waals surface area contributed by atoms with Crippen molar-refractivity contribution in [1.29, 1.82) is 0 Å². The summed E-state index contributed by atoms with van der Waals surface area (Å²) in [5.41, 5.74) is 5.93. The number of carbonyl (C=O) groups is 1. The molecule has 1 heterocycles. The van der Waals surface area contributed by atoms with Crippen molar-refractivity contribution < 1.29 is 9.53 Å². The van der Waals surface area contributed by atoms with Crippen molar-refractivity contribution in [1.82, 2.24) is 15.1 Å². The molecular formula is C25H31N5O2. The maximum atomic E-state index is 12.8. The molecule has 7 heteroatoms. The summed E-state index contributed by atoms with van der Waals surface area (Å²) < 4.78 is 7.17. The highest BCUT2D eigenvalue weighted by molar-refractivity contribution is 6.10. The third kappa shape index (κ3) is 5.75. The van der Waals surface area contributed by atoms with Gasteiger partial charge >= 0.3 is 0 Å². The molecular weight excluding hydrogens is 402 g/mol. The van der Waals surface area contributed by atoms with E-state index in [0.29, 0.717) is 23.8 Å². The molecule has 0 aliphatic rings. The number of aryl methyl sites for hydroxylation is 3. The standard InChI is InChI=1S/C25H31N5O2/c1-6-30-19(4)23(18(3)29-30)15-16-26-25(27-21-11-7-17(2)8-12-21)28-24(31)20-9-13-22(32-5)14-10-20/h7-14H,6,15-16H2,1-5H3,(H2,26,27,28,31). The first-order chi connectivity index (χ1) is 15.4. The van der Waals surface area contributed by atoms with Gasteiger partial charge in [0.25, 0.3) is 5.91 Å². The normalized spacial score (nSPS) is 11.3. The first-order valence-corrected chi connectivity index (χ1v) is 10.8. The summed E-state index contributed by atoms with van der Waals surface area (Å²) in [6.07, 6.45) is 0.745. The van der Waals surface area contributed by atoms with E-state index < -0.39 is 0 Å². The predicted octanol–water partition coefficient (Wildman–Crippen LogP) is 4.28. The Morgan fingerprint density at radius 3 is 2.34 bits per heavy atom. The number of aliphatic imine (C=N–C) groups is 1. The number of nitrogens with one attached hydrogen (secondary N) is 2. The van der Waals surface area contributed by atoms with E-state index in [-0.39, 0.29) is 5.91 Å². The van der Waals surface area contributed by atoms with E-state index in [4.69, 9.17) is 4.74 Å². The highest BCUT2D eigenvalue weighted by atomic mass is 16.5. The molecule has 0 spiro atoms. The number of nitrogens with zero attached hydrogens (tertiary/aromatic N) is 3. The average molecular weight is 434 g/mol. The fourth-order valence-corrected chi connectivity index (χ4v) is 3.49. The van der Waals surface area contributed by atoms with Crippen LogP contribution in [-0.2, 0) is 13.0 Å². The van der Waals surface area contributed by atoms with E-state index in [9.17, 15) is 4.79 Å². The van der Waals surface area contributed by atoms with E-state index in [1.165, 1.54) is 5.56 Å². The zero-order chi connectivity index (χ0) is 23.1. The number of hydrogen-bond donors (Lipinski definition) is 2. The Morgan fingerprint density at radius 2 is 1.75 bits per heavy atom. The van der Waals surface area contributed by atoms with Crippen molar-refractivity contribution in [2.45, 2.75) is 40.7 Å². The summed E-state index contributed by atoms with van der Waals surface area (Å²) in [7, 11) is 1.60. The van der Waals surface area contributed by atoms with E-state index in [0.717, 1.165) is 35.6 Å². The lowest BCUT2D eigenvalue weighted by atomic mass is 10.1. The highest BCUT2D eigenvalue weighted by Crippen LogP contribution is 2.15. The molecule has 0 atom stereocenters. The Bertz CT molecular complexity index is 1080. The van der Waals surface area contributed by atoms with Gasteiger partial charge in [-0.15, -0.1) is 0 Å². The molecule has 0 saturated heterocycles. The maximum absolute atomic E-state index is 12.8. The number of methoxy groups -OCH3 is 1. The van der Waals surface area contributed by atoms with Gasteiger partial charge in [0.1, 0.15) is 5.75 Å². The lowest BCUT2D eigenvalue weighted by Gasteiger charge is -2.12. The molecule has 0 aliphatic heterocycles. The molecule has 0 unspecified atom stereocenters. The second kappa shape index (κ2) is 10.6. The second-order valence-electron chi connectivity index (χ2n) is 7.62. The van der Waals surface area contributed by atoms with Crippen LogP contribution in [-0.4, -0.2) is 35.3 Å². The van der Waals surface area contributed by atoms with Crippen LogP contribution in [0.2, 0.25) is 0 Å². The molecule has 3 aromatic rings. The fraction of sp³-hybridized carbons (Fsp3) is 0.320. The highest BCUT2D eigenvalue weighted by Gasteiger charge is 2.12.